The molecule has 4 rings (SSSR count). The first-order valence-electron chi connectivity index (χ1n) is 9.31. The Labute approximate surface area is 158 Å². The number of hydrogen-bond donors (Lipinski definition) is 0. The molecule has 3 aromatic rings. The largest absolute Gasteiger partial charge is 0.369 e. The number of fused-ring (bicyclic) bond motifs is 1. The van der Waals surface area contributed by atoms with E-state index in [2.05, 4.69) is 32.1 Å². The predicted octanol–water partition coefficient (Wildman–Crippen LogP) is 2.48. The SMILES string of the molecule is Cc1cc(C)n2nc(C(=O)N(C)C3CCCN(c4ccccc4)C3)nc2n1. The molecule has 27 heavy (non-hydrogen) atoms. The maximum Gasteiger partial charge on any atom is 0.293 e. The van der Waals surface area contributed by atoms with Gasteiger partial charge in [0.1, 0.15) is 0 Å². The van der Waals surface area contributed by atoms with Crippen LogP contribution in [0.25, 0.3) is 5.78 Å². The van der Waals surface area contributed by atoms with Gasteiger partial charge in [-0.1, -0.05) is 18.2 Å². The number of aryl methyl sites for hydroxylation is 2. The van der Waals surface area contributed by atoms with Crippen LogP contribution < -0.4 is 4.90 Å². The molecule has 1 aliphatic rings. The van der Waals surface area contributed by atoms with Gasteiger partial charge in [-0.3, -0.25) is 4.79 Å². The third-order valence-corrected chi connectivity index (χ3v) is 5.20. The number of likely N-dealkylation sites (N-methyl/N-ethyl adjacent to an activating group) is 1. The lowest BCUT2D eigenvalue weighted by molar-refractivity contribution is 0.0705. The lowest BCUT2D eigenvalue weighted by Crippen LogP contribution is -2.48. The number of hydrogen-bond acceptors (Lipinski definition) is 5. The molecule has 0 radical (unpaired) electrons. The van der Waals surface area contributed by atoms with Gasteiger partial charge in [-0.15, -0.1) is 5.10 Å². The smallest absolute Gasteiger partial charge is 0.293 e. The minimum atomic E-state index is -0.155. The van der Waals surface area contributed by atoms with E-state index in [1.807, 2.05) is 45.2 Å². The zero-order valence-corrected chi connectivity index (χ0v) is 16.0. The van der Waals surface area contributed by atoms with Gasteiger partial charge in [-0.2, -0.15) is 4.98 Å². The second-order valence-electron chi connectivity index (χ2n) is 7.18. The van der Waals surface area contributed by atoms with Gasteiger partial charge in [0.15, 0.2) is 0 Å². The van der Waals surface area contributed by atoms with Crippen molar-refractivity contribution >= 4 is 17.4 Å². The summed E-state index contributed by atoms with van der Waals surface area (Å²) in [5, 5.41) is 4.38. The van der Waals surface area contributed by atoms with Crippen LogP contribution in [0.15, 0.2) is 36.4 Å². The molecule has 0 saturated carbocycles. The molecule has 0 spiro atoms. The fourth-order valence-electron chi connectivity index (χ4n) is 3.72. The fraction of sp³-hybridized carbons (Fsp3) is 0.400. The molecule has 3 heterocycles. The Morgan fingerprint density at radius 2 is 1.96 bits per heavy atom. The van der Waals surface area contributed by atoms with Crippen LogP contribution in [-0.4, -0.2) is 56.6 Å². The average Bonchev–Trinajstić information content (AvgIpc) is 3.12. The van der Waals surface area contributed by atoms with Crippen molar-refractivity contribution in [2.75, 3.05) is 25.0 Å². The van der Waals surface area contributed by atoms with E-state index in [-0.39, 0.29) is 17.8 Å². The molecule has 0 aliphatic carbocycles. The average molecular weight is 364 g/mol. The maximum atomic E-state index is 13.0. The summed E-state index contributed by atoms with van der Waals surface area (Å²) in [4.78, 5) is 25.9. The van der Waals surface area contributed by atoms with E-state index < -0.39 is 0 Å². The number of carbonyl (C=O) groups excluding carboxylic acids is 1. The van der Waals surface area contributed by atoms with E-state index >= 15 is 0 Å². The summed E-state index contributed by atoms with van der Waals surface area (Å²) in [7, 11) is 1.85. The lowest BCUT2D eigenvalue weighted by atomic mass is 10.0. The summed E-state index contributed by atoms with van der Waals surface area (Å²) >= 11 is 0. The maximum absolute atomic E-state index is 13.0. The molecule has 2 aromatic heterocycles. The standard InChI is InChI=1S/C20H24N6O/c1-14-12-15(2)26-20(21-14)22-18(23-26)19(27)24(3)17-10-7-11-25(13-17)16-8-5-4-6-9-16/h4-6,8-9,12,17H,7,10-11,13H2,1-3H3. The van der Waals surface area contributed by atoms with Crippen molar-refractivity contribution < 1.29 is 4.79 Å². The quantitative estimate of drug-likeness (QED) is 0.714. The first-order valence-corrected chi connectivity index (χ1v) is 9.31. The van der Waals surface area contributed by atoms with Crippen molar-refractivity contribution in [2.24, 2.45) is 0 Å². The molecular weight excluding hydrogens is 340 g/mol. The van der Waals surface area contributed by atoms with Gasteiger partial charge < -0.3 is 9.80 Å². The molecular formula is C20H24N6O. The van der Waals surface area contributed by atoms with Crippen LogP contribution in [0.4, 0.5) is 5.69 Å². The third kappa shape index (κ3) is 3.37. The highest BCUT2D eigenvalue weighted by molar-refractivity contribution is 5.91. The highest BCUT2D eigenvalue weighted by Crippen LogP contribution is 2.22. The normalized spacial score (nSPS) is 17.3. The number of para-hydroxylation sites is 1. The van der Waals surface area contributed by atoms with Crippen LogP contribution in [-0.2, 0) is 0 Å². The minimum absolute atomic E-state index is 0.133. The van der Waals surface area contributed by atoms with Crippen LogP contribution in [0.5, 0.6) is 0 Å². The van der Waals surface area contributed by atoms with Gasteiger partial charge in [0.25, 0.3) is 11.7 Å². The van der Waals surface area contributed by atoms with Crippen LogP contribution >= 0.6 is 0 Å². The molecule has 0 N–H and O–H groups in total. The van der Waals surface area contributed by atoms with Crippen LogP contribution in [0.1, 0.15) is 34.8 Å². The molecule has 1 fully saturated rings. The number of piperidine rings is 1. The number of benzene rings is 1. The number of amides is 1. The Morgan fingerprint density at radius 1 is 1.19 bits per heavy atom. The number of carbonyl (C=O) groups is 1. The van der Waals surface area contributed by atoms with Crippen molar-refractivity contribution in [3.8, 4) is 0 Å². The van der Waals surface area contributed by atoms with Gasteiger partial charge in [0.2, 0.25) is 5.82 Å². The van der Waals surface area contributed by atoms with E-state index in [1.165, 1.54) is 5.69 Å². The molecule has 7 heteroatoms. The number of rotatable bonds is 3. The molecule has 1 aliphatic heterocycles. The van der Waals surface area contributed by atoms with Gasteiger partial charge in [0.05, 0.1) is 0 Å². The van der Waals surface area contributed by atoms with E-state index in [1.54, 1.807) is 9.42 Å². The lowest BCUT2D eigenvalue weighted by Gasteiger charge is -2.38. The monoisotopic (exact) mass is 364 g/mol. The summed E-state index contributed by atoms with van der Waals surface area (Å²) in [6.07, 6.45) is 2.03. The number of anilines is 1. The first kappa shape index (κ1) is 17.5. The van der Waals surface area contributed by atoms with Crippen molar-refractivity contribution in [3.05, 3.63) is 53.6 Å². The number of aromatic nitrogens is 4. The third-order valence-electron chi connectivity index (χ3n) is 5.20. The second-order valence-corrected chi connectivity index (χ2v) is 7.18. The first-order chi connectivity index (χ1) is 13.0. The van der Waals surface area contributed by atoms with E-state index in [4.69, 9.17) is 0 Å². The highest BCUT2D eigenvalue weighted by atomic mass is 16.2. The van der Waals surface area contributed by atoms with Gasteiger partial charge in [-0.25, -0.2) is 9.50 Å². The van der Waals surface area contributed by atoms with Gasteiger partial charge in [0, 0.05) is 43.3 Å². The molecule has 140 valence electrons. The van der Waals surface area contributed by atoms with Crippen molar-refractivity contribution in [1.29, 1.82) is 0 Å². The Hall–Kier alpha value is -2.96. The second kappa shape index (κ2) is 6.98. The topological polar surface area (TPSA) is 66.6 Å². The van der Waals surface area contributed by atoms with Crippen LogP contribution in [0, 0.1) is 13.8 Å². The molecule has 1 saturated heterocycles. The highest BCUT2D eigenvalue weighted by Gasteiger charge is 2.29. The fourth-order valence-corrected chi connectivity index (χ4v) is 3.72. The molecule has 0 bridgehead atoms. The van der Waals surface area contributed by atoms with E-state index in [0.29, 0.717) is 5.78 Å². The van der Waals surface area contributed by atoms with Crippen LogP contribution in [0.2, 0.25) is 0 Å². The minimum Gasteiger partial charge on any atom is -0.369 e. The van der Waals surface area contributed by atoms with Gasteiger partial charge in [-0.05, 0) is 44.9 Å². The molecule has 1 aromatic carbocycles. The summed E-state index contributed by atoms with van der Waals surface area (Å²) in [5.41, 5.74) is 2.98. The zero-order chi connectivity index (χ0) is 19.0. The van der Waals surface area contributed by atoms with Crippen LogP contribution in [0.3, 0.4) is 0 Å². The molecule has 1 unspecified atom stereocenters. The Kier molecular flexibility index (Phi) is 4.51. The van der Waals surface area contributed by atoms with Gasteiger partial charge >= 0.3 is 0 Å². The zero-order valence-electron chi connectivity index (χ0n) is 16.0. The Morgan fingerprint density at radius 3 is 2.74 bits per heavy atom. The molecule has 7 nitrogen and oxygen atoms in total. The predicted molar refractivity (Wildman–Crippen MR) is 104 cm³/mol. The Balaban J connectivity index is 1.54. The summed E-state index contributed by atoms with van der Waals surface area (Å²) < 4.78 is 1.63. The van der Waals surface area contributed by atoms with Crippen molar-refractivity contribution in [2.45, 2.75) is 32.7 Å². The molecule has 1 amide bonds. The van der Waals surface area contributed by atoms with Crippen molar-refractivity contribution in [1.82, 2.24) is 24.5 Å². The van der Waals surface area contributed by atoms with E-state index in [9.17, 15) is 4.79 Å². The molecule has 1 atom stereocenters. The summed E-state index contributed by atoms with van der Waals surface area (Å²) in [5.74, 6) is 0.520. The summed E-state index contributed by atoms with van der Waals surface area (Å²) in [6, 6.07) is 12.4. The Bertz CT molecular complexity index is 967. The van der Waals surface area contributed by atoms with Crippen molar-refractivity contribution in [3.63, 3.8) is 0 Å². The number of nitrogens with zero attached hydrogens (tertiary/aromatic N) is 6. The summed E-state index contributed by atoms with van der Waals surface area (Å²) in [6.45, 7) is 5.68. The van der Waals surface area contributed by atoms with E-state index in [0.717, 1.165) is 37.3 Å².